The number of rotatable bonds is 6. The highest BCUT2D eigenvalue weighted by atomic mass is 16.5. The predicted molar refractivity (Wildman–Crippen MR) is 91.1 cm³/mol. The molecule has 0 saturated carbocycles. The summed E-state index contributed by atoms with van der Waals surface area (Å²) in [6.07, 6.45) is 0. The first-order valence-corrected chi connectivity index (χ1v) is 7.64. The number of hydrogen-bond donors (Lipinski definition) is 0. The summed E-state index contributed by atoms with van der Waals surface area (Å²) in [5.41, 5.74) is 2.03. The molecule has 0 heterocycles. The molecule has 5 heteroatoms. The van der Waals surface area contributed by atoms with Crippen LogP contribution in [0.5, 0.6) is 11.5 Å². The number of carbonyl (C=O) groups excluding carboxylic acids is 1. The summed E-state index contributed by atoms with van der Waals surface area (Å²) >= 11 is 0. The van der Waals surface area contributed by atoms with Crippen molar-refractivity contribution >= 4 is 5.91 Å². The fourth-order valence-electron chi connectivity index (χ4n) is 2.34. The summed E-state index contributed by atoms with van der Waals surface area (Å²) in [7, 11) is 3.33. The van der Waals surface area contributed by atoms with Gasteiger partial charge in [-0.3, -0.25) is 4.79 Å². The van der Waals surface area contributed by atoms with Crippen molar-refractivity contribution < 1.29 is 14.3 Å². The Labute approximate surface area is 142 Å². The molecule has 0 aromatic heterocycles. The molecule has 0 atom stereocenters. The van der Waals surface area contributed by atoms with Gasteiger partial charge in [0.05, 0.1) is 25.3 Å². The van der Waals surface area contributed by atoms with E-state index < -0.39 is 0 Å². The van der Waals surface area contributed by atoms with Gasteiger partial charge in [0.15, 0.2) is 11.5 Å². The Bertz CT molecular complexity index is 748. The van der Waals surface area contributed by atoms with E-state index in [1.54, 1.807) is 43.3 Å². The van der Waals surface area contributed by atoms with Crippen LogP contribution in [0.25, 0.3) is 0 Å². The van der Waals surface area contributed by atoms with Crippen LogP contribution in [0.2, 0.25) is 0 Å². The number of nitriles is 1. The number of carbonyl (C=O) groups is 1. The van der Waals surface area contributed by atoms with Crippen molar-refractivity contribution in [3.8, 4) is 17.6 Å². The zero-order valence-electron chi connectivity index (χ0n) is 14.1. The van der Waals surface area contributed by atoms with Crippen LogP contribution >= 0.6 is 0 Å². The molecule has 0 aliphatic rings. The average Bonchev–Trinajstić information content (AvgIpc) is 2.62. The zero-order valence-corrected chi connectivity index (χ0v) is 14.1. The quantitative estimate of drug-likeness (QED) is 0.818. The van der Waals surface area contributed by atoms with E-state index in [1.807, 2.05) is 31.2 Å². The maximum Gasteiger partial charge on any atom is 0.253 e. The lowest BCUT2D eigenvalue weighted by Gasteiger charge is -2.18. The minimum Gasteiger partial charge on any atom is -0.493 e. The number of benzene rings is 2. The van der Waals surface area contributed by atoms with Crippen LogP contribution in [0, 0.1) is 11.3 Å². The average molecular weight is 324 g/mol. The Morgan fingerprint density at radius 1 is 1.17 bits per heavy atom. The minimum atomic E-state index is -0.104. The smallest absolute Gasteiger partial charge is 0.253 e. The molecular formula is C19H20N2O3. The zero-order chi connectivity index (χ0) is 17.5. The number of nitrogens with zero attached hydrogens (tertiary/aromatic N) is 2. The lowest BCUT2D eigenvalue weighted by Crippen LogP contribution is -2.26. The van der Waals surface area contributed by atoms with Crippen LogP contribution in [-0.4, -0.2) is 31.6 Å². The molecule has 5 nitrogen and oxygen atoms in total. The monoisotopic (exact) mass is 324 g/mol. The molecule has 0 unspecified atom stereocenters. The van der Waals surface area contributed by atoms with Crippen molar-refractivity contribution in [2.75, 3.05) is 20.8 Å². The van der Waals surface area contributed by atoms with Crippen LogP contribution in [0.15, 0.2) is 42.5 Å². The van der Waals surface area contributed by atoms with Crippen LogP contribution in [0.3, 0.4) is 0 Å². The molecule has 0 saturated heterocycles. The van der Waals surface area contributed by atoms with Gasteiger partial charge in [-0.2, -0.15) is 5.26 Å². The van der Waals surface area contributed by atoms with Gasteiger partial charge < -0.3 is 14.4 Å². The third-order valence-electron chi connectivity index (χ3n) is 3.56. The van der Waals surface area contributed by atoms with Gasteiger partial charge >= 0.3 is 0 Å². The van der Waals surface area contributed by atoms with Gasteiger partial charge in [-0.1, -0.05) is 6.07 Å². The van der Waals surface area contributed by atoms with Crippen molar-refractivity contribution in [3.05, 3.63) is 59.2 Å². The molecule has 124 valence electrons. The topological polar surface area (TPSA) is 62.6 Å². The molecule has 24 heavy (non-hydrogen) atoms. The first-order valence-electron chi connectivity index (χ1n) is 7.64. The molecule has 0 aliphatic carbocycles. The number of hydrogen-bond acceptors (Lipinski definition) is 4. The fraction of sp³-hybridized carbons (Fsp3) is 0.263. The largest absolute Gasteiger partial charge is 0.493 e. The van der Waals surface area contributed by atoms with Crippen molar-refractivity contribution in [3.63, 3.8) is 0 Å². The Morgan fingerprint density at radius 3 is 2.46 bits per heavy atom. The fourth-order valence-corrected chi connectivity index (χ4v) is 2.34. The molecule has 2 aromatic rings. The van der Waals surface area contributed by atoms with Crippen LogP contribution in [-0.2, 0) is 6.54 Å². The van der Waals surface area contributed by atoms with E-state index in [-0.39, 0.29) is 5.91 Å². The van der Waals surface area contributed by atoms with E-state index in [1.165, 1.54) is 0 Å². The molecule has 0 bridgehead atoms. The number of methoxy groups -OCH3 is 1. The van der Waals surface area contributed by atoms with Gasteiger partial charge in [0.25, 0.3) is 5.91 Å². The van der Waals surface area contributed by atoms with Gasteiger partial charge in [-0.25, -0.2) is 0 Å². The Morgan fingerprint density at radius 2 is 1.88 bits per heavy atom. The highest BCUT2D eigenvalue weighted by Gasteiger charge is 2.13. The molecule has 0 N–H and O–H groups in total. The van der Waals surface area contributed by atoms with Crippen LogP contribution < -0.4 is 9.47 Å². The van der Waals surface area contributed by atoms with Gasteiger partial charge in [-0.05, 0) is 48.9 Å². The van der Waals surface area contributed by atoms with Crippen molar-refractivity contribution in [2.45, 2.75) is 13.5 Å². The molecule has 1 amide bonds. The third-order valence-corrected chi connectivity index (χ3v) is 3.56. The Hall–Kier alpha value is -3.00. The maximum atomic E-state index is 12.5. The third kappa shape index (κ3) is 4.05. The molecular weight excluding hydrogens is 304 g/mol. The van der Waals surface area contributed by atoms with Crippen molar-refractivity contribution in [1.82, 2.24) is 4.90 Å². The lowest BCUT2D eigenvalue weighted by atomic mass is 10.1. The number of amides is 1. The van der Waals surface area contributed by atoms with Gasteiger partial charge in [-0.15, -0.1) is 0 Å². The first kappa shape index (κ1) is 17.4. The van der Waals surface area contributed by atoms with Gasteiger partial charge in [0.2, 0.25) is 0 Å². The van der Waals surface area contributed by atoms with Gasteiger partial charge in [0.1, 0.15) is 0 Å². The highest BCUT2D eigenvalue weighted by molar-refractivity contribution is 5.94. The Balaban J connectivity index is 2.11. The SMILES string of the molecule is CCOc1ccc(CN(C)C(=O)c2ccc(C#N)cc2)cc1OC. The van der Waals surface area contributed by atoms with Crippen LogP contribution in [0.4, 0.5) is 0 Å². The van der Waals surface area contributed by atoms with E-state index in [0.717, 1.165) is 5.56 Å². The maximum absolute atomic E-state index is 12.5. The second-order valence-corrected chi connectivity index (χ2v) is 5.27. The molecule has 0 radical (unpaired) electrons. The van der Waals surface area contributed by atoms with Crippen molar-refractivity contribution in [2.24, 2.45) is 0 Å². The van der Waals surface area contributed by atoms with E-state index in [9.17, 15) is 4.79 Å². The summed E-state index contributed by atoms with van der Waals surface area (Å²) in [5, 5.41) is 8.81. The summed E-state index contributed by atoms with van der Waals surface area (Å²) in [4.78, 5) is 14.1. The van der Waals surface area contributed by atoms with E-state index >= 15 is 0 Å². The highest BCUT2D eigenvalue weighted by Crippen LogP contribution is 2.28. The van der Waals surface area contributed by atoms with E-state index in [0.29, 0.717) is 35.8 Å². The summed E-state index contributed by atoms with van der Waals surface area (Å²) in [5.74, 6) is 1.23. The van der Waals surface area contributed by atoms with E-state index in [2.05, 4.69) is 0 Å². The normalized spacial score (nSPS) is 9.92. The molecule has 0 spiro atoms. The Kier molecular flexibility index (Phi) is 5.80. The molecule has 2 aromatic carbocycles. The second kappa shape index (κ2) is 8.02. The van der Waals surface area contributed by atoms with Gasteiger partial charge in [0, 0.05) is 19.2 Å². The van der Waals surface area contributed by atoms with E-state index in [4.69, 9.17) is 14.7 Å². The molecule has 2 rings (SSSR count). The standard InChI is InChI=1S/C19H20N2O3/c1-4-24-17-10-7-15(11-18(17)23-3)13-21(2)19(22)16-8-5-14(12-20)6-9-16/h5-11H,4,13H2,1-3H3. The molecule has 0 fully saturated rings. The minimum absolute atomic E-state index is 0.104. The summed E-state index contributed by atoms with van der Waals surface area (Å²) in [6, 6.07) is 14.3. The summed E-state index contributed by atoms with van der Waals surface area (Å²) < 4.78 is 10.8. The van der Waals surface area contributed by atoms with Crippen molar-refractivity contribution in [1.29, 1.82) is 5.26 Å². The molecule has 0 aliphatic heterocycles. The second-order valence-electron chi connectivity index (χ2n) is 5.27. The number of ether oxygens (including phenoxy) is 2. The van der Waals surface area contributed by atoms with Crippen LogP contribution in [0.1, 0.15) is 28.4 Å². The lowest BCUT2D eigenvalue weighted by molar-refractivity contribution is 0.0785. The first-order chi connectivity index (χ1) is 11.6. The predicted octanol–water partition coefficient (Wildman–Crippen LogP) is 3.24. The summed E-state index contributed by atoms with van der Waals surface area (Å²) in [6.45, 7) is 2.92.